The summed E-state index contributed by atoms with van der Waals surface area (Å²) in [6.07, 6.45) is 1.34. The van der Waals surface area contributed by atoms with Crippen LogP contribution in [-0.4, -0.2) is 31.3 Å². The van der Waals surface area contributed by atoms with Crippen molar-refractivity contribution in [1.29, 1.82) is 0 Å². The van der Waals surface area contributed by atoms with Crippen LogP contribution in [0.15, 0.2) is 11.2 Å². The molecule has 1 aromatic heterocycles. The normalized spacial score (nSPS) is 11.7. The number of benzene rings is 1. The van der Waals surface area contributed by atoms with Gasteiger partial charge in [-0.1, -0.05) is 37.0 Å². The standard InChI is InChI=1S/C12H12Cl2N4O2S/c1-5(2)11-16-17-12(21)18(11)15-4-6-3-7(13)10(20)8(14)9(6)19/h3-5,19-20H,1-2H3,(H,17,21)/b15-4-. The Balaban J connectivity index is 2.48. The number of rotatable bonds is 3. The minimum atomic E-state index is -0.379. The molecule has 0 aliphatic rings. The van der Waals surface area contributed by atoms with Crippen LogP contribution in [0.1, 0.15) is 31.2 Å². The highest BCUT2D eigenvalue weighted by Gasteiger charge is 2.14. The van der Waals surface area contributed by atoms with Crippen molar-refractivity contribution in [3.63, 3.8) is 0 Å². The zero-order chi connectivity index (χ0) is 15.7. The zero-order valence-electron chi connectivity index (χ0n) is 11.1. The van der Waals surface area contributed by atoms with E-state index in [0.717, 1.165) is 0 Å². The molecule has 0 saturated heterocycles. The van der Waals surface area contributed by atoms with E-state index in [1.807, 2.05) is 13.8 Å². The topological polar surface area (TPSA) is 86.4 Å². The van der Waals surface area contributed by atoms with Crippen LogP contribution in [-0.2, 0) is 0 Å². The summed E-state index contributed by atoms with van der Waals surface area (Å²) in [5.74, 6) is 0.0570. The van der Waals surface area contributed by atoms with Gasteiger partial charge in [0.25, 0.3) is 0 Å². The van der Waals surface area contributed by atoms with Gasteiger partial charge in [0.2, 0.25) is 4.77 Å². The molecule has 0 aliphatic heterocycles. The van der Waals surface area contributed by atoms with Gasteiger partial charge in [-0.05, 0) is 18.3 Å². The van der Waals surface area contributed by atoms with E-state index in [0.29, 0.717) is 10.6 Å². The Kier molecular flexibility index (Phi) is 4.55. The molecule has 0 aliphatic carbocycles. The van der Waals surface area contributed by atoms with E-state index in [4.69, 9.17) is 35.4 Å². The maximum Gasteiger partial charge on any atom is 0.216 e. The van der Waals surface area contributed by atoms with E-state index in [9.17, 15) is 10.2 Å². The lowest BCUT2D eigenvalue weighted by atomic mass is 10.2. The van der Waals surface area contributed by atoms with Gasteiger partial charge in [0, 0.05) is 11.5 Å². The molecule has 1 heterocycles. The second-order valence-electron chi connectivity index (χ2n) is 4.56. The number of hydrogen-bond acceptors (Lipinski definition) is 5. The number of nitrogens with zero attached hydrogens (tertiary/aromatic N) is 3. The summed E-state index contributed by atoms with van der Waals surface area (Å²) >= 11 is 16.7. The molecule has 1 aromatic carbocycles. The molecule has 0 saturated carbocycles. The molecule has 2 aromatic rings. The number of phenols is 2. The number of H-pyrrole nitrogens is 1. The quantitative estimate of drug-likeness (QED) is 0.584. The lowest BCUT2D eigenvalue weighted by molar-refractivity contribution is 0.450. The van der Waals surface area contributed by atoms with Crippen LogP contribution in [0.25, 0.3) is 0 Å². The van der Waals surface area contributed by atoms with Crippen molar-refractivity contribution in [1.82, 2.24) is 14.9 Å². The van der Waals surface area contributed by atoms with Crippen molar-refractivity contribution in [2.75, 3.05) is 0 Å². The third-order valence-corrected chi connectivity index (χ3v) is 3.61. The summed E-state index contributed by atoms with van der Waals surface area (Å²) in [4.78, 5) is 0. The Hall–Kier alpha value is -1.57. The highest BCUT2D eigenvalue weighted by atomic mass is 35.5. The van der Waals surface area contributed by atoms with Gasteiger partial charge in [-0.3, -0.25) is 5.10 Å². The monoisotopic (exact) mass is 346 g/mol. The highest BCUT2D eigenvalue weighted by molar-refractivity contribution is 7.71. The molecule has 0 radical (unpaired) electrons. The van der Waals surface area contributed by atoms with E-state index >= 15 is 0 Å². The second kappa shape index (κ2) is 6.05. The first-order valence-electron chi connectivity index (χ1n) is 5.94. The Labute approximate surface area is 135 Å². The minimum Gasteiger partial charge on any atom is -0.506 e. The molecule has 0 amide bonds. The van der Waals surface area contributed by atoms with E-state index in [1.165, 1.54) is 17.0 Å². The first-order chi connectivity index (χ1) is 9.82. The first kappa shape index (κ1) is 15.8. The zero-order valence-corrected chi connectivity index (χ0v) is 13.5. The van der Waals surface area contributed by atoms with Crippen molar-refractivity contribution in [2.45, 2.75) is 19.8 Å². The summed E-state index contributed by atoms with van der Waals surface area (Å²) in [5.41, 5.74) is 0.251. The van der Waals surface area contributed by atoms with Crippen LogP contribution in [0.3, 0.4) is 0 Å². The first-order valence-corrected chi connectivity index (χ1v) is 7.11. The molecule has 0 fully saturated rings. The van der Waals surface area contributed by atoms with Crippen LogP contribution in [0.5, 0.6) is 11.5 Å². The van der Waals surface area contributed by atoms with E-state index in [1.54, 1.807) is 0 Å². The molecule has 9 heteroatoms. The molecule has 0 bridgehead atoms. The van der Waals surface area contributed by atoms with E-state index in [-0.39, 0.29) is 33.0 Å². The fraction of sp³-hybridized carbons (Fsp3) is 0.250. The molecule has 0 atom stereocenters. The van der Waals surface area contributed by atoms with Crippen molar-refractivity contribution in [2.24, 2.45) is 5.10 Å². The number of phenolic OH excluding ortho intramolecular Hbond substituents is 2. The molecule has 0 unspecified atom stereocenters. The Morgan fingerprint density at radius 3 is 2.67 bits per heavy atom. The number of halogens is 2. The summed E-state index contributed by atoms with van der Waals surface area (Å²) in [6.45, 7) is 3.89. The number of aromatic nitrogens is 3. The van der Waals surface area contributed by atoms with Gasteiger partial charge in [0.05, 0.1) is 11.2 Å². The molecule has 3 N–H and O–H groups in total. The van der Waals surface area contributed by atoms with E-state index in [2.05, 4.69) is 15.3 Å². The predicted molar refractivity (Wildman–Crippen MR) is 84.3 cm³/mol. The van der Waals surface area contributed by atoms with Gasteiger partial charge in [0.15, 0.2) is 11.6 Å². The second-order valence-corrected chi connectivity index (χ2v) is 5.73. The Morgan fingerprint density at radius 2 is 2.05 bits per heavy atom. The molecule has 6 nitrogen and oxygen atoms in total. The maximum atomic E-state index is 9.88. The fourth-order valence-corrected chi connectivity index (χ4v) is 2.28. The van der Waals surface area contributed by atoms with Crippen molar-refractivity contribution < 1.29 is 10.2 Å². The molecule has 0 spiro atoms. The number of nitrogens with one attached hydrogen (secondary N) is 1. The van der Waals surface area contributed by atoms with Gasteiger partial charge in [-0.2, -0.15) is 14.9 Å². The van der Waals surface area contributed by atoms with Crippen molar-refractivity contribution in [3.8, 4) is 11.5 Å². The van der Waals surface area contributed by atoms with Crippen molar-refractivity contribution in [3.05, 3.63) is 32.3 Å². The van der Waals surface area contributed by atoms with Gasteiger partial charge >= 0.3 is 0 Å². The number of aromatic hydroxyl groups is 2. The summed E-state index contributed by atoms with van der Waals surface area (Å²) in [6, 6.07) is 1.35. The maximum absolute atomic E-state index is 9.88. The van der Waals surface area contributed by atoms with Crippen LogP contribution in [0, 0.1) is 4.77 Å². The molecule has 2 rings (SSSR count). The van der Waals surface area contributed by atoms with Crippen LogP contribution >= 0.6 is 35.4 Å². The third kappa shape index (κ3) is 3.04. The predicted octanol–water partition coefficient (Wildman–Crippen LogP) is 3.66. The largest absolute Gasteiger partial charge is 0.506 e. The average molecular weight is 347 g/mol. The Bertz CT molecular complexity index is 767. The van der Waals surface area contributed by atoms with Crippen LogP contribution in [0.4, 0.5) is 0 Å². The lowest BCUT2D eigenvalue weighted by Gasteiger charge is -2.06. The van der Waals surface area contributed by atoms with Crippen LogP contribution < -0.4 is 0 Å². The fourth-order valence-electron chi connectivity index (χ4n) is 1.62. The molecular formula is C12H12Cl2N4O2S. The molecular weight excluding hydrogens is 335 g/mol. The van der Waals surface area contributed by atoms with Gasteiger partial charge in [-0.25, -0.2) is 0 Å². The van der Waals surface area contributed by atoms with E-state index < -0.39 is 0 Å². The Morgan fingerprint density at radius 1 is 1.38 bits per heavy atom. The number of hydrogen-bond donors (Lipinski definition) is 3. The van der Waals surface area contributed by atoms with Gasteiger partial charge < -0.3 is 10.2 Å². The van der Waals surface area contributed by atoms with Crippen LogP contribution in [0.2, 0.25) is 10.0 Å². The summed E-state index contributed by atoms with van der Waals surface area (Å²) in [5, 5.41) is 30.1. The summed E-state index contributed by atoms with van der Waals surface area (Å²) in [7, 11) is 0. The SMILES string of the molecule is CC(C)c1n[nH]c(=S)n1/N=C\c1cc(Cl)c(O)c(Cl)c1O. The lowest BCUT2D eigenvalue weighted by Crippen LogP contribution is -2.01. The van der Waals surface area contributed by atoms with Crippen molar-refractivity contribution >= 4 is 41.6 Å². The average Bonchev–Trinajstić information content (AvgIpc) is 2.80. The minimum absolute atomic E-state index is 0.0131. The summed E-state index contributed by atoms with van der Waals surface area (Å²) < 4.78 is 1.76. The number of aromatic amines is 1. The molecule has 112 valence electrons. The van der Waals surface area contributed by atoms with Gasteiger partial charge in [-0.15, -0.1) is 0 Å². The highest BCUT2D eigenvalue weighted by Crippen LogP contribution is 2.40. The third-order valence-electron chi connectivity index (χ3n) is 2.70. The smallest absolute Gasteiger partial charge is 0.216 e. The molecule has 21 heavy (non-hydrogen) atoms. The van der Waals surface area contributed by atoms with Gasteiger partial charge in [0.1, 0.15) is 10.8 Å².